The van der Waals surface area contributed by atoms with Gasteiger partial charge in [0.1, 0.15) is 11.6 Å². The van der Waals surface area contributed by atoms with E-state index >= 15 is 0 Å². The summed E-state index contributed by atoms with van der Waals surface area (Å²) in [5, 5.41) is 2.99. The van der Waals surface area contributed by atoms with Crippen molar-refractivity contribution < 1.29 is 13.9 Å². The average molecular weight is 294 g/mol. The van der Waals surface area contributed by atoms with E-state index in [9.17, 15) is 9.18 Å². The van der Waals surface area contributed by atoms with Crippen LogP contribution in [0.2, 0.25) is 0 Å². The minimum Gasteiger partial charge on any atom is -0.481 e. The number of carbonyl (C=O) groups excluding carboxylic acids is 1. The minimum atomic E-state index is -0.631. The van der Waals surface area contributed by atoms with Crippen LogP contribution in [0.4, 0.5) is 4.39 Å². The largest absolute Gasteiger partial charge is 0.481 e. The van der Waals surface area contributed by atoms with Crippen LogP contribution < -0.4 is 15.8 Å². The summed E-state index contributed by atoms with van der Waals surface area (Å²) in [7, 11) is 0. The van der Waals surface area contributed by atoms with Crippen molar-refractivity contribution in [1.29, 1.82) is 0 Å². The second-order valence-electron chi connectivity index (χ2n) is 5.72. The Bertz CT molecular complexity index is 499. The van der Waals surface area contributed by atoms with Gasteiger partial charge in [-0.05, 0) is 44.9 Å². The fraction of sp³-hybridized carbons (Fsp3) is 0.562. The SMILES string of the molecule is CC(Oc1ccc(F)cc1C(C)N)C(=O)NC1CCCC1. The normalized spacial score (nSPS) is 18.3. The highest BCUT2D eigenvalue weighted by Crippen LogP contribution is 2.26. The third-order valence-corrected chi connectivity index (χ3v) is 3.84. The zero-order valence-corrected chi connectivity index (χ0v) is 12.6. The summed E-state index contributed by atoms with van der Waals surface area (Å²) in [6.07, 6.45) is 3.74. The molecule has 0 aromatic heterocycles. The molecule has 0 spiro atoms. The molecule has 2 unspecified atom stereocenters. The zero-order chi connectivity index (χ0) is 15.4. The Kier molecular flexibility index (Phi) is 5.17. The van der Waals surface area contributed by atoms with Crippen molar-refractivity contribution in [3.8, 4) is 5.75 Å². The number of amides is 1. The molecule has 2 rings (SSSR count). The van der Waals surface area contributed by atoms with Gasteiger partial charge >= 0.3 is 0 Å². The molecule has 2 atom stereocenters. The lowest BCUT2D eigenvalue weighted by atomic mass is 10.1. The lowest BCUT2D eigenvalue weighted by Gasteiger charge is -2.20. The Labute approximate surface area is 124 Å². The summed E-state index contributed by atoms with van der Waals surface area (Å²) in [5.74, 6) is -0.0416. The van der Waals surface area contributed by atoms with Crippen molar-refractivity contribution in [2.45, 2.75) is 57.7 Å². The summed E-state index contributed by atoms with van der Waals surface area (Å²) in [6, 6.07) is 4.07. The number of hydrogen-bond acceptors (Lipinski definition) is 3. The number of halogens is 1. The third-order valence-electron chi connectivity index (χ3n) is 3.84. The molecule has 1 aliphatic carbocycles. The molecule has 1 fully saturated rings. The first-order chi connectivity index (χ1) is 9.97. The Morgan fingerprint density at radius 1 is 1.38 bits per heavy atom. The quantitative estimate of drug-likeness (QED) is 0.877. The summed E-state index contributed by atoms with van der Waals surface area (Å²) in [6.45, 7) is 3.45. The van der Waals surface area contributed by atoms with E-state index in [2.05, 4.69) is 5.32 Å². The lowest BCUT2D eigenvalue weighted by molar-refractivity contribution is -0.128. The summed E-state index contributed by atoms with van der Waals surface area (Å²) in [5.41, 5.74) is 6.39. The molecule has 1 aromatic rings. The molecule has 0 aliphatic heterocycles. The first kappa shape index (κ1) is 15.8. The third kappa shape index (κ3) is 4.17. The lowest BCUT2D eigenvalue weighted by Crippen LogP contribution is -2.41. The van der Waals surface area contributed by atoms with Gasteiger partial charge in [-0.3, -0.25) is 4.79 Å². The Morgan fingerprint density at radius 3 is 2.67 bits per heavy atom. The number of nitrogens with one attached hydrogen (secondary N) is 1. The maximum atomic E-state index is 13.3. The van der Waals surface area contributed by atoms with E-state index in [-0.39, 0.29) is 23.8 Å². The van der Waals surface area contributed by atoms with Gasteiger partial charge in [0.15, 0.2) is 6.10 Å². The highest BCUT2D eigenvalue weighted by Gasteiger charge is 2.22. The van der Waals surface area contributed by atoms with E-state index in [0.29, 0.717) is 11.3 Å². The monoisotopic (exact) mass is 294 g/mol. The van der Waals surface area contributed by atoms with E-state index in [1.54, 1.807) is 13.8 Å². The fourth-order valence-electron chi connectivity index (χ4n) is 2.62. The van der Waals surface area contributed by atoms with Gasteiger partial charge in [0.05, 0.1) is 0 Å². The van der Waals surface area contributed by atoms with Crippen molar-refractivity contribution in [2.24, 2.45) is 5.73 Å². The van der Waals surface area contributed by atoms with Gasteiger partial charge in [-0.1, -0.05) is 12.8 Å². The van der Waals surface area contributed by atoms with Crippen LogP contribution >= 0.6 is 0 Å². The number of ether oxygens (including phenoxy) is 1. The summed E-state index contributed by atoms with van der Waals surface area (Å²) in [4.78, 5) is 12.1. The van der Waals surface area contributed by atoms with E-state index < -0.39 is 6.10 Å². The number of benzene rings is 1. The molecule has 4 nitrogen and oxygen atoms in total. The minimum absolute atomic E-state index is 0.137. The molecule has 0 heterocycles. The predicted molar refractivity (Wildman–Crippen MR) is 79.5 cm³/mol. The highest BCUT2D eigenvalue weighted by atomic mass is 19.1. The first-order valence-corrected chi connectivity index (χ1v) is 7.49. The zero-order valence-electron chi connectivity index (χ0n) is 12.6. The fourth-order valence-corrected chi connectivity index (χ4v) is 2.62. The van der Waals surface area contributed by atoms with Gasteiger partial charge in [-0.15, -0.1) is 0 Å². The van der Waals surface area contributed by atoms with Gasteiger partial charge in [0, 0.05) is 17.6 Å². The van der Waals surface area contributed by atoms with Crippen LogP contribution in [0.5, 0.6) is 5.75 Å². The number of rotatable bonds is 5. The number of hydrogen-bond donors (Lipinski definition) is 2. The molecule has 1 aromatic carbocycles. The van der Waals surface area contributed by atoms with Crippen LogP contribution in [-0.2, 0) is 4.79 Å². The standard InChI is InChI=1S/C16H23FN2O2/c1-10(18)14-9-12(17)7-8-15(14)21-11(2)16(20)19-13-5-3-4-6-13/h7-11,13H,3-6,18H2,1-2H3,(H,19,20). The van der Waals surface area contributed by atoms with Gasteiger partial charge in [-0.25, -0.2) is 4.39 Å². The molecule has 1 aliphatic rings. The van der Waals surface area contributed by atoms with E-state index in [4.69, 9.17) is 10.5 Å². The Hall–Kier alpha value is -1.62. The predicted octanol–water partition coefficient (Wildman–Crippen LogP) is 2.67. The van der Waals surface area contributed by atoms with Crippen LogP contribution in [0.15, 0.2) is 18.2 Å². The smallest absolute Gasteiger partial charge is 0.260 e. The molecular formula is C16H23FN2O2. The summed E-state index contributed by atoms with van der Waals surface area (Å²) >= 11 is 0. The molecule has 1 amide bonds. The molecule has 21 heavy (non-hydrogen) atoms. The summed E-state index contributed by atoms with van der Waals surface area (Å²) < 4.78 is 19.0. The molecule has 0 radical (unpaired) electrons. The average Bonchev–Trinajstić information content (AvgIpc) is 2.93. The van der Waals surface area contributed by atoms with Gasteiger partial charge in [0.2, 0.25) is 0 Å². The van der Waals surface area contributed by atoms with Crippen molar-refractivity contribution in [3.05, 3.63) is 29.6 Å². The van der Waals surface area contributed by atoms with Crippen LogP contribution in [-0.4, -0.2) is 18.1 Å². The van der Waals surface area contributed by atoms with Crippen molar-refractivity contribution in [2.75, 3.05) is 0 Å². The van der Waals surface area contributed by atoms with Gasteiger partial charge in [0.25, 0.3) is 5.91 Å². The molecule has 1 saturated carbocycles. The number of nitrogens with two attached hydrogens (primary N) is 1. The first-order valence-electron chi connectivity index (χ1n) is 7.49. The van der Waals surface area contributed by atoms with Crippen molar-refractivity contribution >= 4 is 5.91 Å². The molecular weight excluding hydrogens is 271 g/mol. The maximum absolute atomic E-state index is 13.3. The molecule has 116 valence electrons. The van der Waals surface area contributed by atoms with Crippen molar-refractivity contribution in [3.63, 3.8) is 0 Å². The van der Waals surface area contributed by atoms with Gasteiger partial charge < -0.3 is 15.8 Å². The van der Waals surface area contributed by atoms with Gasteiger partial charge in [-0.2, -0.15) is 0 Å². The molecule has 5 heteroatoms. The Balaban J connectivity index is 2.01. The van der Waals surface area contributed by atoms with E-state index in [1.165, 1.54) is 18.2 Å². The van der Waals surface area contributed by atoms with E-state index in [0.717, 1.165) is 25.7 Å². The second kappa shape index (κ2) is 6.89. The van der Waals surface area contributed by atoms with Crippen LogP contribution in [0.3, 0.4) is 0 Å². The Morgan fingerprint density at radius 2 is 2.05 bits per heavy atom. The highest BCUT2D eigenvalue weighted by molar-refractivity contribution is 5.81. The topological polar surface area (TPSA) is 64.3 Å². The van der Waals surface area contributed by atoms with E-state index in [1.807, 2.05) is 0 Å². The molecule has 0 bridgehead atoms. The maximum Gasteiger partial charge on any atom is 0.260 e. The van der Waals surface area contributed by atoms with Crippen LogP contribution in [0.25, 0.3) is 0 Å². The number of carbonyl (C=O) groups is 1. The van der Waals surface area contributed by atoms with Crippen molar-refractivity contribution in [1.82, 2.24) is 5.32 Å². The molecule has 0 saturated heterocycles. The second-order valence-corrected chi connectivity index (χ2v) is 5.72. The van der Waals surface area contributed by atoms with Crippen LogP contribution in [0.1, 0.15) is 51.1 Å². The molecule has 3 N–H and O–H groups in total. The van der Waals surface area contributed by atoms with Crippen LogP contribution in [0, 0.1) is 5.82 Å².